The molecule has 0 aliphatic rings. The first-order valence-corrected chi connectivity index (χ1v) is 4.59. The molecule has 62 valence electrons. The third-order valence-electron chi connectivity index (χ3n) is 0.756. The van der Waals surface area contributed by atoms with Gasteiger partial charge in [0.1, 0.15) is 0 Å². The SMILES string of the molecule is CCOP(=O)(NN)OCC. The highest BCUT2D eigenvalue weighted by Crippen LogP contribution is 2.41. The van der Waals surface area contributed by atoms with Crippen LogP contribution in [0.3, 0.4) is 0 Å². The summed E-state index contributed by atoms with van der Waals surface area (Å²) in [5.74, 6) is 4.92. The number of hydrazine groups is 1. The van der Waals surface area contributed by atoms with E-state index in [1.54, 1.807) is 13.8 Å². The van der Waals surface area contributed by atoms with Crippen LogP contribution in [0.1, 0.15) is 13.8 Å². The molecular formula is C4H13N2O3P. The molecule has 0 aromatic rings. The van der Waals surface area contributed by atoms with Crippen LogP contribution in [0.25, 0.3) is 0 Å². The van der Waals surface area contributed by atoms with Crippen molar-refractivity contribution in [1.29, 1.82) is 0 Å². The minimum absolute atomic E-state index is 0.307. The topological polar surface area (TPSA) is 73.6 Å². The summed E-state index contributed by atoms with van der Waals surface area (Å²) in [7, 11) is -3.17. The van der Waals surface area contributed by atoms with Crippen LogP contribution >= 0.6 is 7.75 Å². The molecule has 0 aliphatic carbocycles. The van der Waals surface area contributed by atoms with E-state index in [-0.39, 0.29) is 0 Å². The summed E-state index contributed by atoms with van der Waals surface area (Å²) in [6.45, 7) is 4.04. The Kier molecular flexibility index (Phi) is 4.85. The van der Waals surface area contributed by atoms with Gasteiger partial charge in [0, 0.05) is 0 Å². The third kappa shape index (κ3) is 3.29. The van der Waals surface area contributed by atoms with Crippen molar-refractivity contribution in [1.82, 2.24) is 5.20 Å². The van der Waals surface area contributed by atoms with Gasteiger partial charge in [0.25, 0.3) is 0 Å². The highest BCUT2D eigenvalue weighted by atomic mass is 31.2. The number of hydrogen-bond donors (Lipinski definition) is 2. The largest absolute Gasteiger partial charge is 0.418 e. The maximum Gasteiger partial charge on any atom is 0.418 e. The number of nitrogens with one attached hydrogen (secondary N) is 1. The van der Waals surface area contributed by atoms with E-state index in [1.807, 2.05) is 5.20 Å². The fourth-order valence-corrected chi connectivity index (χ4v) is 1.36. The lowest BCUT2D eigenvalue weighted by molar-refractivity contribution is 0.211. The van der Waals surface area contributed by atoms with Gasteiger partial charge in [-0.1, -0.05) is 0 Å². The molecule has 5 nitrogen and oxygen atoms in total. The van der Waals surface area contributed by atoms with E-state index < -0.39 is 7.75 Å². The maximum atomic E-state index is 11.1. The molecule has 10 heavy (non-hydrogen) atoms. The zero-order valence-corrected chi connectivity index (χ0v) is 7.06. The first-order chi connectivity index (χ1) is 4.68. The molecule has 0 aromatic carbocycles. The second-order valence-corrected chi connectivity index (χ2v) is 3.23. The predicted molar refractivity (Wildman–Crippen MR) is 38.2 cm³/mol. The summed E-state index contributed by atoms with van der Waals surface area (Å²) in [6, 6.07) is 0. The molecule has 0 atom stereocenters. The van der Waals surface area contributed by atoms with Gasteiger partial charge in [-0.25, -0.2) is 4.57 Å². The van der Waals surface area contributed by atoms with Crippen molar-refractivity contribution in [3.8, 4) is 0 Å². The van der Waals surface area contributed by atoms with E-state index in [2.05, 4.69) is 0 Å². The molecule has 0 spiro atoms. The van der Waals surface area contributed by atoms with Gasteiger partial charge in [0.05, 0.1) is 13.2 Å². The van der Waals surface area contributed by atoms with Crippen molar-refractivity contribution in [2.24, 2.45) is 5.84 Å². The van der Waals surface area contributed by atoms with Crippen LogP contribution in [-0.2, 0) is 13.6 Å². The lowest BCUT2D eigenvalue weighted by Crippen LogP contribution is -2.21. The summed E-state index contributed by atoms with van der Waals surface area (Å²) in [6.07, 6.45) is 0. The van der Waals surface area contributed by atoms with E-state index >= 15 is 0 Å². The van der Waals surface area contributed by atoms with E-state index in [9.17, 15) is 4.57 Å². The molecule has 0 heterocycles. The van der Waals surface area contributed by atoms with Gasteiger partial charge >= 0.3 is 7.75 Å². The molecule has 0 fully saturated rings. The average molecular weight is 168 g/mol. The van der Waals surface area contributed by atoms with E-state index in [0.717, 1.165) is 0 Å². The first-order valence-electron chi connectivity index (χ1n) is 3.05. The predicted octanol–water partition coefficient (Wildman–Crippen LogP) is 0.631. The minimum atomic E-state index is -3.17. The van der Waals surface area contributed by atoms with Crippen molar-refractivity contribution < 1.29 is 13.6 Å². The molecule has 0 aliphatic heterocycles. The van der Waals surface area contributed by atoms with Crippen LogP contribution in [0.2, 0.25) is 0 Å². The van der Waals surface area contributed by atoms with Crippen LogP contribution in [0, 0.1) is 0 Å². The fourth-order valence-electron chi connectivity index (χ4n) is 0.452. The molecule has 3 N–H and O–H groups in total. The second kappa shape index (κ2) is 4.82. The molecule has 6 heteroatoms. The molecule has 0 amide bonds. The zero-order valence-electron chi connectivity index (χ0n) is 6.16. The molecule has 0 aromatic heterocycles. The minimum Gasteiger partial charge on any atom is -0.296 e. The monoisotopic (exact) mass is 168 g/mol. The Bertz CT molecular complexity index is 120. The summed E-state index contributed by atoms with van der Waals surface area (Å²) >= 11 is 0. The standard InChI is InChI=1S/C4H13N2O3P/c1-3-8-10(7,6-5)9-4-2/h3-5H2,1-2H3,(H,6,7). The summed E-state index contributed by atoms with van der Waals surface area (Å²) in [5, 5.41) is 1.99. The normalized spacial score (nSPS) is 11.9. The van der Waals surface area contributed by atoms with Crippen LogP contribution in [-0.4, -0.2) is 13.2 Å². The summed E-state index contributed by atoms with van der Waals surface area (Å²) in [4.78, 5) is 0. The van der Waals surface area contributed by atoms with Crippen molar-refractivity contribution in [2.45, 2.75) is 13.8 Å². The number of nitrogens with two attached hydrogens (primary N) is 1. The Labute approximate surface area is 60.4 Å². The van der Waals surface area contributed by atoms with Crippen molar-refractivity contribution in [3.63, 3.8) is 0 Å². The number of rotatable bonds is 5. The van der Waals surface area contributed by atoms with Crippen LogP contribution < -0.4 is 11.0 Å². The van der Waals surface area contributed by atoms with E-state index in [4.69, 9.17) is 14.9 Å². The van der Waals surface area contributed by atoms with Gasteiger partial charge in [0.2, 0.25) is 0 Å². The third-order valence-corrected chi connectivity index (χ3v) is 2.27. The quantitative estimate of drug-likeness (QED) is 0.358. The molecule has 0 radical (unpaired) electrons. The van der Waals surface area contributed by atoms with Crippen molar-refractivity contribution >= 4 is 7.75 Å². The smallest absolute Gasteiger partial charge is 0.296 e. The molecule has 0 bridgehead atoms. The lowest BCUT2D eigenvalue weighted by Gasteiger charge is -2.13. The Morgan fingerprint density at radius 1 is 1.40 bits per heavy atom. The van der Waals surface area contributed by atoms with Gasteiger partial charge in [-0.05, 0) is 13.8 Å². The van der Waals surface area contributed by atoms with E-state index in [1.165, 1.54) is 0 Å². The molecule has 0 rings (SSSR count). The summed E-state index contributed by atoms with van der Waals surface area (Å²) < 4.78 is 20.5. The highest BCUT2D eigenvalue weighted by molar-refractivity contribution is 7.51. The Morgan fingerprint density at radius 3 is 2.00 bits per heavy atom. The lowest BCUT2D eigenvalue weighted by atomic mass is 10.9. The highest BCUT2D eigenvalue weighted by Gasteiger charge is 2.20. The van der Waals surface area contributed by atoms with E-state index in [0.29, 0.717) is 13.2 Å². The van der Waals surface area contributed by atoms with Crippen LogP contribution in [0.15, 0.2) is 0 Å². The average Bonchev–Trinajstić information content (AvgIpc) is 1.89. The van der Waals surface area contributed by atoms with Gasteiger partial charge in [-0.15, -0.1) is 0 Å². The zero-order chi connectivity index (χ0) is 8.04. The van der Waals surface area contributed by atoms with Gasteiger partial charge < -0.3 is 0 Å². The Morgan fingerprint density at radius 2 is 1.80 bits per heavy atom. The van der Waals surface area contributed by atoms with Crippen molar-refractivity contribution in [2.75, 3.05) is 13.2 Å². The van der Waals surface area contributed by atoms with Crippen molar-refractivity contribution in [3.05, 3.63) is 0 Å². The Hall–Kier alpha value is 0.0700. The van der Waals surface area contributed by atoms with Crippen LogP contribution in [0.4, 0.5) is 0 Å². The van der Waals surface area contributed by atoms with Gasteiger partial charge in [-0.3, -0.25) is 14.9 Å². The second-order valence-electron chi connectivity index (χ2n) is 1.46. The molecule has 0 unspecified atom stereocenters. The first kappa shape index (κ1) is 10.1. The Balaban J connectivity index is 3.83. The summed E-state index contributed by atoms with van der Waals surface area (Å²) in [5.41, 5.74) is 0. The molecule has 0 saturated heterocycles. The fraction of sp³-hybridized carbons (Fsp3) is 1.00. The number of hydrogen-bond acceptors (Lipinski definition) is 4. The van der Waals surface area contributed by atoms with Crippen LogP contribution in [0.5, 0.6) is 0 Å². The van der Waals surface area contributed by atoms with Gasteiger partial charge in [-0.2, -0.15) is 5.20 Å². The molecule has 0 saturated carbocycles. The molecular weight excluding hydrogens is 155 g/mol. The maximum absolute atomic E-state index is 11.1. The van der Waals surface area contributed by atoms with Gasteiger partial charge in [0.15, 0.2) is 0 Å².